The van der Waals surface area contributed by atoms with Crippen molar-refractivity contribution in [1.82, 2.24) is 25.4 Å². The van der Waals surface area contributed by atoms with Gasteiger partial charge in [-0.1, -0.05) is 30.3 Å². The van der Waals surface area contributed by atoms with Crippen molar-refractivity contribution >= 4 is 5.96 Å². The summed E-state index contributed by atoms with van der Waals surface area (Å²) in [6, 6.07) is 15.6. The van der Waals surface area contributed by atoms with E-state index in [0.29, 0.717) is 23.9 Å². The van der Waals surface area contributed by atoms with Crippen LogP contribution in [0.5, 0.6) is 5.75 Å². The van der Waals surface area contributed by atoms with E-state index in [1.807, 2.05) is 41.8 Å². The molecular weight excluding hydrogens is 406 g/mol. The monoisotopic (exact) mass is 430 g/mol. The first-order chi connectivity index (χ1) is 15.1. The van der Waals surface area contributed by atoms with Crippen LogP contribution < -0.4 is 15.4 Å². The number of hydrogen-bond acceptors (Lipinski definition) is 5. The third-order valence-corrected chi connectivity index (χ3v) is 4.33. The molecule has 1 unspecified atom stereocenters. The molecule has 0 bridgehead atoms. The molecule has 164 valence electrons. The normalized spacial score (nSPS) is 12.6. The molecule has 1 heterocycles. The lowest BCUT2D eigenvalue weighted by Gasteiger charge is -2.16. The van der Waals surface area contributed by atoms with E-state index in [1.165, 1.54) is 24.3 Å². The highest BCUT2D eigenvalue weighted by Crippen LogP contribution is 2.19. The number of hydrogen-bond donors (Lipinski definition) is 3. The molecule has 1 atom stereocenters. The highest BCUT2D eigenvalue weighted by Gasteiger charge is 2.11. The molecule has 0 aliphatic rings. The van der Waals surface area contributed by atoms with Gasteiger partial charge < -0.3 is 20.5 Å². The molecule has 2 aromatic carbocycles. The summed E-state index contributed by atoms with van der Waals surface area (Å²) in [6.45, 7) is 0.130. The Hall–Kier alpha value is -3.53. The number of nitrogens with one attached hydrogen (secondary N) is 2. The Bertz CT molecular complexity index is 964. The molecular formula is C21H24F2N6O2. The minimum absolute atomic E-state index is 0.0383. The molecule has 0 saturated carbocycles. The van der Waals surface area contributed by atoms with E-state index in [0.717, 1.165) is 5.69 Å². The van der Waals surface area contributed by atoms with Crippen LogP contribution in [0.3, 0.4) is 0 Å². The number of aromatic nitrogens is 3. The summed E-state index contributed by atoms with van der Waals surface area (Å²) in [5.41, 5.74) is 1.50. The number of nitrogens with zero attached hydrogens (tertiary/aromatic N) is 4. The Labute approximate surface area is 178 Å². The largest absolute Gasteiger partial charge is 0.435 e. The average molecular weight is 430 g/mol. The maximum Gasteiger partial charge on any atom is 0.387 e. The number of alkyl halides is 2. The Balaban J connectivity index is 1.61. The van der Waals surface area contributed by atoms with Crippen molar-refractivity contribution in [2.24, 2.45) is 4.99 Å². The lowest BCUT2D eigenvalue weighted by Crippen LogP contribution is -2.39. The quantitative estimate of drug-likeness (QED) is 0.357. The number of para-hydroxylation sites is 1. The van der Waals surface area contributed by atoms with Crippen molar-refractivity contribution in [3.63, 3.8) is 0 Å². The Kier molecular flexibility index (Phi) is 7.88. The van der Waals surface area contributed by atoms with Gasteiger partial charge >= 0.3 is 6.61 Å². The average Bonchev–Trinajstić information content (AvgIpc) is 3.25. The molecule has 0 aliphatic heterocycles. The van der Waals surface area contributed by atoms with Gasteiger partial charge in [-0.15, -0.1) is 10.2 Å². The zero-order valence-electron chi connectivity index (χ0n) is 16.9. The second kappa shape index (κ2) is 11.0. The summed E-state index contributed by atoms with van der Waals surface area (Å²) in [5, 5.41) is 24.7. The maximum absolute atomic E-state index is 12.2. The predicted octanol–water partition coefficient (Wildman–Crippen LogP) is 2.66. The Morgan fingerprint density at radius 3 is 2.55 bits per heavy atom. The molecule has 8 nitrogen and oxygen atoms in total. The van der Waals surface area contributed by atoms with E-state index >= 15 is 0 Å². The van der Waals surface area contributed by atoms with Crippen LogP contribution in [0.2, 0.25) is 0 Å². The van der Waals surface area contributed by atoms with Crippen LogP contribution >= 0.6 is 0 Å². The highest BCUT2D eigenvalue weighted by molar-refractivity contribution is 5.79. The van der Waals surface area contributed by atoms with E-state index < -0.39 is 12.7 Å². The van der Waals surface area contributed by atoms with Gasteiger partial charge in [-0.2, -0.15) is 8.78 Å². The first-order valence-electron chi connectivity index (χ1n) is 9.76. The fraction of sp³-hybridized carbons (Fsp3) is 0.286. The smallest absolute Gasteiger partial charge is 0.387 e. The van der Waals surface area contributed by atoms with Gasteiger partial charge in [-0.25, -0.2) is 4.99 Å². The predicted molar refractivity (Wildman–Crippen MR) is 112 cm³/mol. The second-order valence-electron chi connectivity index (χ2n) is 6.49. The number of rotatable bonds is 9. The lowest BCUT2D eigenvalue weighted by atomic mass is 10.1. The number of ether oxygens (including phenoxy) is 1. The van der Waals surface area contributed by atoms with Crippen molar-refractivity contribution in [1.29, 1.82) is 0 Å². The van der Waals surface area contributed by atoms with Crippen LogP contribution in [0.25, 0.3) is 5.69 Å². The summed E-state index contributed by atoms with van der Waals surface area (Å²) in [7, 11) is 0. The zero-order chi connectivity index (χ0) is 22.1. The van der Waals surface area contributed by atoms with Gasteiger partial charge in [0.25, 0.3) is 0 Å². The van der Waals surface area contributed by atoms with Crippen LogP contribution in [0.1, 0.15) is 24.4 Å². The standard InChI is InChI=1S/C21H24F2N6O2/c1-2-24-21(25-12-18(30)15-8-10-17(11-9-15)31-20(22)23)26-13-19-28-27-14-29(19)16-6-4-3-5-7-16/h3-11,14,18,20,30H,2,12-13H2,1H3,(H2,24,25,26). The molecule has 0 aliphatic carbocycles. The number of benzene rings is 2. The number of halogens is 2. The summed E-state index contributed by atoms with van der Waals surface area (Å²) in [6.07, 6.45) is 0.767. The van der Waals surface area contributed by atoms with Gasteiger partial charge in [0.2, 0.25) is 0 Å². The molecule has 0 amide bonds. The summed E-state index contributed by atoms with van der Waals surface area (Å²) >= 11 is 0. The van der Waals surface area contributed by atoms with Crippen molar-refractivity contribution in [3.05, 3.63) is 72.3 Å². The van der Waals surface area contributed by atoms with Crippen molar-refractivity contribution in [3.8, 4) is 11.4 Å². The summed E-state index contributed by atoms with van der Waals surface area (Å²) in [4.78, 5) is 4.51. The van der Waals surface area contributed by atoms with Gasteiger partial charge in [-0.3, -0.25) is 4.57 Å². The van der Waals surface area contributed by atoms with Crippen LogP contribution in [0.4, 0.5) is 8.78 Å². The topological polar surface area (TPSA) is 96.6 Å². The fourth-order valence-corrected chi connectivity index (χ4v) is 2.85. The van der Waals surface area contributed by atoms with E-state index in [2.05, 4.69) is 30.6 Å². The van der Waals surface area contributed by atoms with E-state index in [9.17, 15) is 13.9 Å². The summed E-state index contributed by atoms with van der Waals surface area (Å²) < 4.78 is 30.7. The zero-order valence-corrected chi connectivity index (χ0v) is 16.9. The summed E-state index contributed by atoms with van der Waals surface area (Å²) in [5.74, 6) is 1.21. The number of aliphatic imine (C=N–C) groups is 1. The molecule has 0 saturated heterocycles. The molecule has 1 aromatic heterocycles. The van der Waals surface area contributed by atoms with Crippen molar-refractivity contribution in [2.75, 3.05) is 13.1 Å². The number of aliphatic hydroxyl groups is 1. The van der Waals surface area contributed by atoms with Gasteiger partial charge in [0, 0.05) is 18.8 Å². The van der Waals surface area contributed by atoms with E-state index in [1.54, 1.807) is 6.33 Å². The minimum Gasteiger partial charge on any atom is -0.435 e. The van der Waals surface area contributed by atoms with Gasteiger partial charge in [0.15, 0.2) is 11.8 Å². The van der Waals surface area contributed by atoms with Gasteiger partial charge in [-0.05, 0) is 36.8 Å². The van der Waals surface area contributed by atoms with E-state index in [-0.39, 0.29) is 18.8 Å². The van der Waals surface area contributed by atoms with E-state index in [4.69, 9.17) is 0 Å². The SMILES string of the molecule is CCNC(=NCc1nncn1-c1ccccc1)NCC(O)c1ccc(OC(F)F)cc1. The molecule has 3 rings (SSSR count). The van der Waals surface area contributed by atoms with Gasteiger partial charge in [0.1, 0.15) is 18.6 Å². The first kappa shape index (κ1) is 22.2. The van der Waals surface area contributed by atoms with Crippen molar-refractivity contribution < 1.29 is 18.6 Å². The molecule has 0 radical (unpaired) electrons. The third kappa shape index (κ3) is 6.48. The Morgan fingerprint density at radius 2 is 1.87 bits per heavy atom. The minimum atomic E-state index is -2.89. The highest BCUT2D eigenvalue weighted by atomic mass is 19.3. The second-order valence-corrected chi connectivity index (χ2v) is 6.49. The molecule has 3 aromatic rings. The number of aliphatic hydroxyl groups excluding tert-OH is 1. The molecule has 3 N–H and O–H groups in total. The van der Waals surface area contributed by atoms with Gasteiger partial charge in [0.05, 0.1) is 6.10 Å². The van der Waals surface area contributed by atoms with Crippen LogP contribution in [-0.2, 0) is 6.54 Å². The maximum atomic E-state index is 12.2. The molecule has 31 heavy (non-hydrogen) atoms. The van der Waals surface area contributed by atoms with Crippen LogP contribution in [0.15, 0.2) is 65.9 Å². The number of guanidine groups is 1. The Morgan fingerprint density at radius 1 is 1.13 bits per heavy atom. The molecule has 0 spiro atoms. The van der Waals surface area contributed by atoms with Crippen molar-refractivity contribution in [2.45, 2.75) is 26.2 Å². The third-order valence-electron chi connectivity index (χ3n) is 4.33. The molecule has 10 heteroatoms. The van der Waals surface area contributed by atoms with Crippen LogP contribution in [-0.4, -0.2) is 45.5 Å². The first-order valence-corrected chi connectivity index (χ1v) is 9.76. The van der Waals surface area contributed by atoms with Crippen LogP contribution in [0, 0.1) is 0 Å². The molecule has 0 fully saturated rings. The fourth-order valence-electron chi connectivity index (χ4n) is 2.85. The lowest BCUT2D eigenvalue weighted by molar-refractivity contribution is -0.0498.